The summed E-state index contributed by atoms with van der Waals surface area (Å²) < 4.78 is 5.32. The molecule has 0 spiro atoms. The van der Waals surface area contributed by atoms with Gasteiger partial charge in [0.1, 0.15) is 11.5 Å². The molecule has 1 unspecified atom stereocenters. The predicted octanol–water partition coefficient (Wildman–Crippen LogP) is 4.94. The fourth-order valence-electron chi connectivity index (χ4n) is 3.21. The van der Waals surface area contributed by atoms with Gasteiger partial charge in [-0.25, -0.2) is 0 Å². The first-order valence-corrected chi connectivity index (χ1v) is 10.2. The van der Waals surface area contributed by atoms with E-state index in [9.17, 15) is 15.3 Å². The Kier molecular flexibility index (Phi) is 8.30. The van der Waals surface area contributed by atoms with E-state index >= 15 is 0 Å². The van der Waals surface area contributed by atoms with Gasteiger partial charge in [0.05, 0.1) is 11.7 Å². The SMILES string of the molecule is COC(C)(C)C(O)CCC(C)=CCc1c(O)cc(CCc2ccccc2)cc1O. The molecule has 0 saturated carbocycles. The van der Waals surface area contributed by atoms with Gasteiger partial charge in [-0.1, -0.05) is 42.0 Å². The zero-order chi connectivity index (χ0) is 21.4. The van der Waals surface area contributed by atoms with Crippen LogP contribution < -0.4 is 0 Å². The molecule has 4 nitrogen and oxygen atoms in total. The molecule has 0 aliphatic rings. The molecule has 0 fully saturated rings. The van der Waals surface area contributed by atoms with Crippen molar-refractivity contribution in [2.45, 2.75) is 64.6 Å². The number of aliphatic hydroxyl groups excluding tert-OH is 1. The van der Waals surface area contributed by atoms with E-state index < -0.39 is 11.7 Å². The number of rotatable bonds is 10. The summed E-state index contributed by atoms with van der Waals surface area (Å²) in [6.45, 7) is 5.73. The van der Waals surface area contributed by atoms with Crippen molar-refractivity contribution in [3.8, 4) is 11.5 Å². The second-order valence-electron chi connectivity index (χ2n) is 8.21. The van der Waals surface area contributed by atoms with Gasteiger partial charge in [0.2, 0.25) is 0 Å². The highest BCUT2D eigenvalue weighted by Crippen LogP contribution is 2.31. The monoisotopic (exact) mass is 398 g/mol. The van der Waals surface area contributed by atoms with E-state index in [-0.39, 0.29) is 11.5 Å². The summed E-state index contributed by atoms with van der Waals surface area (Å²) in [5.74, 6) is 0.246. The standard InChI is InChI=1S/C25H34O4/c1-18(11-15-24(28)25(2,3)29-4)10-14-21-22(26)16-20(17-23(21)27)13-12-19-8-6-5-7-9-19/h5-10,16-17,24,26-28H,11-15H2,1-4H3. The normalized spacial score (nSPS) is 13.5. The van der Waals surface area contributed by atoms with Gasteiger partial charge in [0, 0.05) is 12.7 Å². The van der Waals surface area contributed by atoms with Crippen molar-refractivity contribution in [2.24, 2.45) is 0 Å². The molecule has 2 rings (SSSR count). The molecule has 0 aliphatic carbocycles. The second-order valence-corrected chi connectivity index (χ2v) is 8.21. The molecule has 1 atom stereocenters. The van der Waals surface area contributed by atoms with E-state index in [0.717, 1.165) is 30.4 Å². The molecule has 0 amide bonds. The number of phenolic OH excluding ortho intramolecular Hbond substituents is 2. The minimum absolute atomic E-state index is 0.123. The van der Waals surface area contributed by atoms with Gasteiger partial charge in [-0.05, 0) is 76.1 Å². The number of phenols is 2. The fraction of sp³-hybridized carbons (Fsp3) is 0.440. The molecule has 0 bridgehead atoms. The summed E-state index contributed by atoms with van der Waals surface area (Å²) >= 11 is 0. The number of benzene rings is 2. The highest BCUT2D eigenvalue weighted by Gasteiger charge is 2.26. The van der Waals surface area contributed by atoms with Crippen molar-refractivity contribution in [3.05, 3.63) is 70.8 Å². The third-order valence-electron chi connectivity index (χ3n) is 5.60. The number of methoxy groups -OCH3 is 1. The van der Waals surface area contributed by atoms with Crippen LogP contribution in [0.2, 0.25) is 0 Å². The summed E-state index contributed by atoms with van der Waals surface area (Å²) in [7, 11) is 1.60. The fourth-order valence-corrected chi connectivity index (χ4v) is 3.21. The van der Waals surface area contributed by atoms with Crippen LogP contribution in [0.5, 0.6) is 11.5 Å². The molecule has 0 saturated heterocycles. The van der Waals surface area contributed by atoms with Crippen molar-refractivity contribution in [1.82, 2.24) is 0 Å². The molecular weight excluding hydrogens is 364 g/mol. The topological polar surface area (TPSA) is 69.9 Å². The molecule has 0 aliphatic heterocycles. The Morgan fingerprint density at radius 1 is 1.03 bits per heavy atom. The third kappa shape index (κ3) is 6.91. The largest absolute Gasteiger partial charge is 0.508 e. The highest BCUT2D eigenvalue weighted by atomic mass is 16.5. The Morgan fingerprint density at radius 3 is 2.21 bits per heavy atom. The Morgan fingerprint density at radius 2 is 1.62 bits per heavy atom. The lowest BCUT2D eigenvalue weighted by molar-refractivity contribution is -0.0797. The molecule has 0 heterocycles. The molecule has 158 valence electrons. The lowest BCUT2D eigenvalue weighted by Crippen LogP contribution is -2.37. The van der Waals surface area contributed by atoms with Crippen LogP contribution in [0.4, 0.5) is 0 Å². The van der Waals surface area contributed by atoms with Gasteiger partial charge in [-0.15, -0.1) is 0 Å². The van der Waals surface area contributed by atoms with Crippen LogP contribution >= 0.6 is 0 Å². The number of aryl methyl sites for hydroxylation is 2. The minimum Gasteiger partial charge on any atom is -0.508 e. The van der Waals surface area contributed by atoms with Gasteiger partial charge in [0.15, 0.2) is 0 Å². The maximum atomic E-state index is 10.4. The zero-order valence-electron chi connectivity index (χ0n) is 18.0. The maximum Gasteiger partial charge on any atom is 0.123 e. The van der Waals surface area contributed by atoms with Crippen LogP contribution in [0.1, 0.15) is 50.3 Å². The predicted molar refractivity (Wildman–Crippen MR) is 117 cm³/mol. The van der Waals surface area contributed by atoms with Crippen molar-refractivity contribution in [3.63, 3.8) is 0 Å². The number of hydrogen-bond acceptors (Lipinski definition) is 4. The van der Waals surface area contributed by atoms with E-state index in [1.807, 2.05) is 45.0 Å². The van der Waals surface area contributed by atoms with E-state index in [1.54, 1.807) is 19.2 Å². The Labute approximate surface area is 174 Å². The summed E-state index contributed by atoms with van der Waals surface area (Å²) in [5, 5.41) is 31.0. The van der Waals surface area contributed by atoms with Crippen molar-refractivity contribution >= 4 is 0 Å². The first kappa shape index (κ1) is 23.0. The minimum atomic E-state index is -0.577. The molecule has 2 aromatic rings. The Hall–Kier alpha value is -2.30. The Balaban J connectivity index is 1.95. The average molecular weight is 399 g/mol. The highest BCUT2D eigenvalue weighted by molar-refractivity contribution is 5.48. The molecule has 4 heteroatoms. The van der Waals surface area contributed by atoms with E-state index in [4.69, 9.17) is 4.74 Å². The van der Waals surface area contributed by atoms with Crippen molar-refractivity contribution in [2.75, 3.05) is 7.11 Å². The van der Waals surface area contributed by atoms with Crippen LogP contribution in [0, 0.1) is 0 Å². The van der Waals surface area contributed by atoms with Gasteiger partial charge in [-0.2, -0.15) is 0 Å². The lowest BCUT2D eigenvalue weighted by atomic mass is 9.95. The van der Waals surface area contributed by atoms with Crippen molar-refractivity contribution < 1.29 is 20.1 Å². The van der Waals surface area contributed by atoms with E-state index in [2.05, 4.69) is 12.1 Å². The summed E-state index contributed by atoms with van der Waals surface area (Å²) in [6, 6.07) is 13.6. The zero-order valence-corrected chi connectivity index (χ0v) is 18.0. The molecule has 2 aromatic carbocycles. The van der Waals surface area contributed by atoms with E-state index in [0.29, 0.717) is 18.4 Å². The molecular formula is C25H34O4. The summed E-state index contributed by atoms with van der Waals surface area (Å²) in [4.78, 5) is 0. The molecule has 0 radical (unpaired) electrons. The number of hydrogen-bond donors (Lipinski definition) is 3. The smallest absolute Gasteiger partial charge is 0.123 e. The van der Waals surface area contributed by atoms with Gasteiger partial charge >= 0.3 is 0 Å². The average Bonchev–Trinajstić information content (AvgIpc) is 2.70. The van der Waals surface area contributed by atoms with E-state index in [1.165, 1.54) is 5.56 Å². The molecule has 29 heavy (non-hydrogen) atoms. The van der Waals surface area contributed by atoms with Gasteiger partial charge in [0.25, 0.3) is 0 Å². The van der Waals surface area contributed by atoms with Crippen LogP contribution in [-0.2, 0) is 24.0 Å². The number of aliphatic hydroxyl groups is 1. The van der Waals surface area contributed by atoms with Crippen LogP contribution in [0.15, 0.2) is 54.1 Å². The molecule has 0 aromatic heterocycles. The first-order valence-electron chi connectivity index (χ1n) is 10.2. The quantitative estimate of drug-likeness (QED) is 0.496. The Bertz CT molecular complexity index is 786. The van der Waals surface area contributed by atoms with Crippen LogP contribution in [-0.4, -0.2) is 34.1 Å². The van der Waals surface area contributed by atoms with Crippen LogP contribution in [0.25, 0.3) is 0 Å². The van der Waals surface area contributed by atoms with Gasteiger partial charge in [-0.3, -0.25) is 0 Å². The lowest BCUT2D eigenvalue weighted by Gasteiger charge is -2.29. The van der Waals surface area contributed by atoms with Crippen LogP contribution in [0.3, 0.4) is 0 Å². The van der Waals surface area contributed by atoms with Gasteiger partial charge < -0.3 is 20.1 Å². The summed E-state index contributed by atoms with van der Waals surface area (Å²) in [6.07, 6.45) is 4.83. The number of aromatic hydroxyl groups is 2. The molecule has 3 N–H and O–H groups in total. The summed E-state index contributed by atoms with van der Waals surface area (Å²) in [5.41, 5.74) is 3.20. The number of allylic oxidation sites excluding steroid dienone is 2. The first-order chi connectivity index (χ1) is 13.7. The maximum absolute atomic E-state index is 10.4. The van der Waals surface area contributed by atoms with Crippen molar-refractivity contribution in [1.29, 1.82) is 0 Å². The third-order valence-corrected chi connectivity index (χ3v) is 5.60. The number of ether oxygens (including phenoxy) is 1. The second kappa shape index (κ2) is 10.5.